The minimum atomic E-state index is -5.12. The van der Waals surface area contributed by atoms with Gasteiger partial charge in [-0.05, 0) is 0 Å². The van der Waals surface area contributed by atoms with Crippen LogP contribution in [-0.2, 0) is 24.4 Å². The van der Waals surface area contributed by atoms with E-state index in [0.717, 1.165) is 0 Å². The summed E-state index contributed by atoms with van der Waals surface area (Å²) in [7, 11) is -10.2. The Morgan fingerprint density at radius 1 is 0.857 bits per heavy atom. The second kappa shape index (κ2) is 10.4. The van der Waals surface area contributed by atoms with Gasteiger partial charge in [-0.2, -0.15) is 16.8 Å². The molecule has 0 rings (SSSR count). The van der Waals surface area contributed by atoms with E-state index in [9.17, 15) is 16.8 Å². The topological polar surface area (TPSA) is 218 Å². The lowest BCUT2D eigenvalue weighted by Crippen LogP contribution is -2.16. The van der Waals surface area contributed by atoms with Crippen molar-refractivity contribution in [3.63, 3.8) is 0 Å². The van der Waals surface area contributed by atoms with Gasteiger partial charge in [0.1, 0.15) is 0 Å². The van der Waals surface area contributed by atoms with E-state index in [-0.39, 0.29) is 23.5 Å². The van der Waals surface area contributed by atoms with Gasteiger partial charge in [0.2, 0.25) is 0 Å². The lowest BCUT2D eigenvalue weighted by molar-refractivity contribution is 0.344. The lowest BCUT2D eigenvalue weighted by Gasteiger charge is -1.95. The first-order valence-corrected chi connectivity index (χ1v) is 8.06. The molecule has 128 valence electrons. The van der Waals surface area contributed by atoms with Crippen LogP contribution in [-0.4, -0.2) is 37.6 Å². The Hall–Kier alpha value is -1.28. The van der Waals surface area contributed by atoms with Crippen molar-refractivity contribution < 1.29 is 29.6 Å². The molecule has 0 aromatic heterocycles. The first-order valence-electron chi connectivity index (χ1n) is 5.33. The highest BCUT2D eigenvalue weighted by Crippen LogP contribution is 1.91. The van der Waals surface area contributed by atoms with Crippen LogP contribution in [0.4, 0.5) is 0 Å². The summed E-state index contributed by atoms with van der Waals surface area (Å²) >= 11 is 0. The minimum Gasteiger partial charge on any atom is -0.387 e. The van der Waals surface area contributed by atoms with Crippen LogP contribution < -0.4 is 11.5 Å². The van der Waals surface area contributed by atoms with Crippen molar-refractivity contribution in [1.82, 2.24) is 0 Å². The summed E-state index contributed by atoms with van der Waals surface area (Å²) in [5.41, 5.74) is 10.0. The van der Waals surface area contributed by atoms with Gasteiger partial charge in [0, 0.05) is 11.8 Å². The number of nitrogens with two attached hydrogens (primary N) is 2. The van der Waals surface area contributed by atoms with Gasteiger partial charge in [-0.3, -0.25) is 19.9 Å². The molecule has 0 aromatic carbocycles. The highest BCUT2D eigenvalue weighted by molar-refractivity contribution is 7.94. The predicted molar refractivity (Wildman–Crippen MR) is 77.7 cm³/mol. The molecule has 0 unspecified atom stereocenters. The van der Waals surface area contributed by atoms with E-state index in [1.807, 2.05) is 27.7 Å². The van der Waals surface area contributed by atoms with Crippen LogP contribution in [0.2, 0.25) is 0 Å². The van der Waals surface area contributed by atoms with Gasteiger partial charge in [0.05, 0.1) is 11.7 Å². The van der Waals surface area contributed by atoms with E-state index >= 15 is 0 Å². The molecule has 0 amide bonds. The third-order valence-electron chi connectivity index (χ3n) is 1.42. The Labute approximate surface area is 124 Å². The second-order valence-corrected chi connectivity index (χ2v) is 6.40. The van der Waals surface area contributed by atoms with Crippen LogP contribution in [0.15, 0.2) is 0 Å². The number of hydrogen-bond acceptors (Lipinski definition) is 7. The molecule has 0 aliphatic heterocycles. The van der Waals surface area contributed by atoms with Gasteiger partial charge in [-0.15, -0.1) is 3.63 Å². The Morgan fingerprint density at radius 3 is 1.00 bits per heavy atom. The second-order valence-electron chi connectivity index (χ2n) is 4.14. The molecular weight excluding hydrogens is 328 g/mol. The fourth-order valence-electron chi connectivity index (χ4n) is 0.109. The zero-order chi connectivity index (χ0) is 18.0. The Bertz CT molecular complexity index is 477. The molecule has 11 nitrogen and oxygen atoms in total. The van der Waals surface area contributed by atoms with Crippen LogP contribution >= 0.6 is 0 Å². The highest BCUT2D eigenvalue weighted by atomic mass is 32.3. The molecule has 0 bridgehead atoms. The SMILES string of the molecule is CC(C)C(=N)N.CC(C)C(=N)N.O=S(=O)(O)OS(=O)(=O)O. The quantitative estimate of drug-likeness (QED) is 0.223. The summed E-state index contributed by atoms with van der Waals surface area (Å²) in [6, 6.07) is 0. The maximum Gasteiger partial charge on any atom is 0.413 e. The van der Waals surface area contributed by atoms with Crippen LogP contribution in [0.1, 0.15) is 27.7 Å². The first-order chi connectivity index (χ1) is 8.99. The zero-order valence-electron chi connectivity index (χ0n) is 12.1. The molecular formula is C8H22N4O7S2. The van der Waals surface area contributed by atoms with Crippen molar-refractivity contribution in [2.75, 3.05) is 0 Å². The number of hydrogen-bond donors (Lipinski definition) is 6. The first kappa shape index (κ1) is 24.7. The van der Waals surface area contributed by atoms with E-state index in [1.54, 1.807) is 0 Å². The molecule has 0 aliphatic rings. The summed E-state index contributed by atoms with van der Waals surface area (Å²) < 4.78 is 55.6. The molecule has 8 N–H and O–H groups in total. The fraction of sp³-hybridized carbons (Fsp3) is 0.750. The summed E-state index contributed by atoms with van der Waals surface area (Å²) in [6.45, 7) is 7.56. The number of nitrogens with one attached hydrogen (secondary N) is 2. The molecule has 21 heavy (non-hydrogen) atoms. The van der Waals surface area contributed by atoms with Crippen LogP contribution in [0.3, 0.4) is 0 Å². The molecule has 13 heteroatoms. The summed E-state index contributed by atoms with van der Waals surface area (Å²) in [5, 5.41) is 13.5. The van der Waals surface area contributed by atoms with Gasteiger partial charge < -0.3 is 11.5 Å². The molecule has 0 spiro atoms. The van der Waals surface area contributed by atoms with E-state index in [2.05, 4.69) is 3.63 Å². The van der Waals surface area contributed by atoms with E-state index in [1.165, 1.54) is 0 Å². The Kier molecular flexibility index (Phi) is 12.3. The monoisotopic (exact) mass is 350 g/mol. The lowest BCUT2D eigenvalue weighted by atomic mass is 10.2. The molecule has 0 aromatic rings. The summed E-state index contributed by atoms with van der Waals surface area (Å²) in [4.78, 5) is 0. The average molecular weight is 350 g/mol. The minimum absolute atomic E-state index is 0.213. The maximum atomic E-state index is 9.44. The van der Waals surface area contributed by atoms with E-state index in [4.69, 9.17) is 31.4 Å². The zero-order valence-corrected chi connectivity index (χ0v) is 13.7. The third kappa shape index (κ3) is 32.3. The molecule has 0 aliphatic carbocycles. The number of rotatable bonds is 4. The number of amidine groups is 2. The van der Waals surface area contributed by atoms with Gasteiger partial charge in [-0.25, -0.2) is 0 Å². The Balaban J connectivity index is -0.000000240. The molecule has 0 saturated carbocycles. The van der Waals surface area contributed by atoms with Crippen LogP contribution in [0.5, 0.6) is 0 Å². The highest BCUT2D eigenvalue weighted by Gasteiger charge is 2.15. The van der Waals surface area contributed by atoms with Gasteiger partial charge in [-0.1, -0.05) is 27.7 Å². The predicted octanol–water partition coefficient (Wildman–Crippen LogP) is -0.235. The van der Waals surface area contributed by atoms with Crippen molar-refractivity contribution >= 4 is 32.5 Å². The van der Waals surface area contributed by atoms with Gasteiger partial charge in [0.15, 0.2) is 0 Å². The van der Waals surface area contributed by atoms with Gasteiger partial charge >= 0.3 is 20.8 Å². The van der Waals surface area contributed by atoms with Crippen LogP contribution in [0, 0.1) is 22.7 Å². The molecule has 0 saturated heterocycles. The summed E-state index contributed by atoms with van der Waals surface area (Å²) in [6.07, 6.45) is 0. The van der Waals surface area contributed by atoms with Crippen LogP contribution in [0.25, 0.3) is 0 Å². The Morgan fingerprint density at radius 2 is 1.00 bits per heavy atom. The fourth-order valence-corrected chi connectivity index (χ4v) is 0.978. The van der Waals surface area contributed by atoms with Crippen molar-refractivity contribution in [2.24, 2.45) is 23.3 Å². The normalized spacial score (nSPS) is 11.0. The molecule has 0 heterocycles. The largest absolute Gasteiger partial charge is 0.413 e. The van der Waals surface area contributed by atoms with E-state index in [0.29, 0.717) is 0 Å². The van der Waals surface area contributed by atoms with E-state index < -0.39 is 20.8 Å². The molecule has 0 radical (unpaired) electrons. The summed E-state index contributed by atoms with van der Waals surface area (Å²) in [5.74, 6) is 0.944. The standard InChI is InChI=1S/2C4H10N2.H2O7S2/c2*1-3(2)4(5)6;1-8(2,3)7-9(4,5)6/h2*3H,1-2H3,(H3,5,6);(H,1,2,3)(H,4,5,6). The average Bonchev–Trinajstić information content (AvgIpc) is 2.12. The molecule has 0 fully saturated rings. The third-order valence-corrected chi connectivity index (χ3v) is 2.79. The van der Waals surface area contributed by atoms with Crippen molar-refractivity contribution in [2.45, 2.75) is 27.7 Å². The van der Waals surface area contributed by atoms with Gasteiger partial charge in [0.25, 0.3) is 0 Å². The maximum absolute atomic E-state index is 9.44. The molecule has 0 atom stereocenters. The van der Waals surface area contributed by atoms with Crippen molar-refractivity contribution in [1.29, 1.82) is 10.8 Å². The smallest absolute Gasteiger partial charge is 0.387 e. The van der Waals surface area contributed by atoms with Crippen molar-refractivity contribution in [3.05, 3.63) is 0 Å². The van der Waals surface area contributed by atoms with Crippen molar-refractivity contribution in [3.8, 4) is 0 Å².